The monoisotopic (exact) mass is 168 g/mol. The summed E-state index contributed by atoms with van der Waals surface area (Å²) in [7, 11) is 0. The van der Waals surface area contributed by atoms with Crippen LogP contribution in [0.1, 0.15) is 0 Å². The minimum Gasteiger partial charge on any atom is -0.286 e. The maximum absolute atomic E-state index is 10.9. The Morgan fingerprint density at radius 3 is 3.18 bits per heavy atom. The van der Waals surface area contributed by atoms with Gasteiger partial charge in [0.05, 0.1) is 17.8 Å². The highest BCUT2D eigenvalue weighted by Gasteiger charge is 1.94. The molecule has 0 aliphatic rings. The second kappa shape index (κ2) is 3.22. The smallest absolute Gasteiger partial charge is 0.286 e. The van der Waals surface area contributed by atoms with E-state index in [2.05, 4.69) is 10.9 Å². The fraction of sp³-hybridized carbons (Fsp3) is 0.143. The summed E-state index contributed by atoms with van der Waals surface area (Å²) in [6.07, 6.45) is 7.74. The molecule has 56 valence electrons. The Hall–Kier alpha value is -1.27. The van der Waals surface area contributed by atoms with E-state index in [1.807, 2.05) is 0 Å². The molecule has 1 aromatic rings. The van der Waals surface area contributed by atoms with Crippen molar-refractivity contribution < 1.29 is 0 Å². The summed E-state index contributed by atoms with van der Waals surface area (Å²) in [6.45, 7) is 0.201. The molecular weight excluding hydrogens is 164 g/mol. The lowest BCUT2D eigenvalue weighted by atomic mass is 10.6. The number of hydrogen-bond donors (Lipinski definition) is 0. The zero-order valence-electron chi connectivity index (χ0n) is 5.62. The van der Waals surface area contributed by atoms with E-state index in [0.29, 0.717) is 5.02 Å². The van der Waals surface area contributed by atoms with Gasteiger partial charge >= 0.3 is 5.69 Å². The largest absolute Gasteiger partial charge is 0.348 e. The minimum absolute atomic E-state index is 0.201. The van der Waals surface area contributed by atoms with Gasteiger partial charge in [-0.15, -0.1) is 6.42 Å². The number of nitrogens with zero attached hydrogens (tertiary/aromatic N) is 2. The summed E-state index contributed by atoms with van der Waals surface area (Å²) < 4.78 is 1.27. The second-order valence-electron chi connectivity index (χ2n) is 1.89. The van der Waals surface area contributed by atoms with Gasteiger partial charge in [-0.05, 0) is 0 Å². The lowest BCUT2D eigenvalue weighted by Crippen LogP contribution is -2.21. The molecule has 1 rings (SSSR count). The van der Waals surface area contributed by atoms with Crippen molar-refractivity contribution in [3.8, 4) is 12.3 Å². The molecule has 0 atom stereocenters. The molecule has 0 aliphatic carbocycles. The van der Waals surface area contributed by atoms with Crippen molar-refractivity contribution in [2.75, 3.05) is 0 Å². The highest BCUT2D eigenvalue weighted by molar-refractivity contribution is 6.30. The van der Waals surface area contributed by atoms with Crippen LogP contribution in [0, 0.1) is 12.3 Å². The van der Waals surface area contributed by atoms with Gasteiger partial charge in [0.25, 0.3) is 0 Å². The Bertz CT molecular complexity index is 350. The molecule has 0 saturated heterocycles. The van der Waals surface area contributed by atoms with Gasteiger partial charge in [-0.1, -0.05) is 17.5 Å². The predicted octanol–water partition coefficient (Wildman–Crippen LogP) is 0.530. The molecule has 3 nitrogen and oxygen atoms in total. The third kappa shape index (κ3) is 1.82. The van der Waals surface area contributed by atoms with Crippen molar-refractivity contribution >= 4 is 11.6 Å². The molecule has 0 aliphatic heterocycles. The fourth-order valence-electron chi connectivity index (χ4n) is 0.640. The first kappa shape index (κ1) is 7.83. The summed E-state index contributed by atoms with van der Waals surface area (Å²) in [5, 5.41) is 0.403. The molecule has 0 aromatic carbocycles. The fourth-order valence-corrected chi connectivity index (χ4v) is 0.807. The highest BCUT2D eigenvalue weighted by Crippen LogP contribution is 2.00. The third-order valence-corrected chi connectivity index (χ3v) is 1.28. The van der Waals surface area contributed by atoms with Crippen molar-refractivity contribution in [2.24, 2.45) is 0 Å². The molecule has 0 N–H and O–H groups in total. The molecule has 0 spiro atoms. The molecule has 0 fully saturated rings. The van der Waals surface area contributed by atoms with Crippen LogP contribution >= 0.6 is 11.6 Å². The van der Waals surface area contributed by atoms with Crippen molar-refractivity contribution in [1.29, 1.82) is 0 Å². The molecule has 1 heterocycles. The first-order valence-corrected chi connectivity index (χ1v) is 3.27. The molecule has 0 unspecified atom stereocenters. The van der Waals surface area contributed by atoms with E-state index >= 15 is 0 Å². The van der Waals surface area contributed by atoms with E-state index in [4.69, 9.17) is 18.0 Å². The van der Waals surface area contributed by atoms with Crippen LogP contribution in [0.4, 0.5) is 0 Å². The van der Waals surface area contributed by atoms with Crippen LogP contribution < -0.4 is 5.69 Å². The average molecular weight is 169 g/mol. The minimum atomic E-state index is -0.382. The van der Waals surface area contributed by atoms with Gasteiger partial charge in [0, 0.05) is 6.20 Å². The molecule has 11 heavy (non-hydrogen) atoms. The quantitative estimate of drug-likeness (QED) is 0.574. The van der Waals surface area contributed by atoms with Gasteiger partial charge in [0.15, 0.2) is 0 Å². The lowest BCUT2D eigenvalue weighted by Gasteiger charge is -1.97. The average Bonchev–Trinajstić information content (AvgIpc) is 1.98. The van der Waals surface area contributed by atoms with Crippen molar-refractivity contribution in [1.82, 2.24) is 9.55 Å². The summed E-state index contributed by atoms with van der Waals surface area (Å²) in [5.74, 6) is 2.32. The number of halogens is 1. The van der Waals surface area contributed by atoms with Crippen molar-refractivity contribution in [3.05, 3.63) is 27.9 Å². The number of hydrogen-bond acceptors (Lipinski definition) is 2. The van der Waals surface area contributed by atoms with Crippen LogP contribution in [0.5, 0.6) is 0 Å². The van der Waals surface area contributed by atoms with Crippen LogP contribution in [-0.2, 0) is 6.54 Å². The Morgan fingerprint density at radius 1 is 1.82 bits per heavy atom. The first-order valence-electron chi connectivity index (χ1n) is 2.89. The van der Waals surface area contributed by atoms with E-state index in [1.54, 1.807) is 0 Å². The normalized spacial score (nSPS) is 9.09. The maximum atomic E-state index is 10.9. The Balaban J connectivity index is 3.15. The summed E-state index contributed by atoms with van der Waals surface area (Å²) >= 11 is 5.56. The number of terminal acetylenes is 1. The summed E-state index contributed by atoms with van der Waals surface area (Å²) in [5.41, 5.74) is -0.382. The second-order valence-corrected chi connectivity index (χ2v) is 2.32. The van der Waals surface area contributed by atoms with E-state index in [-0.39, 0.29) is 12.2 Å². The van der Waals surface area contributed by atoms with E-state index in [9.17, 15) is 4.79 Å². The lowest BCUT2D eigenvalue weighted by molar-refractivity contribution is 0.758. The highest BCUT2D eigenvalue weighted by atomic mass is 35.5. The van der Waals surface area contributed by atoms with Crippen LogP contribution in [0.15, 0.2) is 17.2 Å². The van der Waals surface area contributed by atoms with Crippen molar-refractivity contribution in [2.45, 2.75) is 6.54 Å². The Labute approximate surface area is 68.6 Å². The number of aromatic nitrogens is 2. The first-order chi connectivity index (χ1) is 5.24. The van der Waals surface area contributed by atoms with Gasteiger partial charge in [0.1, 0.15) is 0 Å². The van der Waals surface area contributed by atoms with Crippen LogP contribution in [0.2, 0.25) is 5.02 Å². The molecular formula is C7H5ClN2O. The van der Waals surface area contributed by atoms with Gasteiger partial charge < -0.3 is 0 Å². The summed E-state index contributed by atoms with van der Waals surface area (Å²) in [4.78, 5) is 14.3. The Morgan fingerprint density at radius 2 is 2.55 bits per heavy atom. The molecule has 0 bridgehead atoms. The van der Waals surface area contributed by atoms with E-state index in [0.717, 1.165) is 0 Å². The van der Waals surface area contributed by atoms with Gasteiger partial charge in [-0.25, -0.2) is 4.79 Å². The molecule has 0 amide bonds. The standard InChI is InChI=1S/C7H5ClN2O/c1-2-3-10-5-6(8)4-9-7(10)11/h1,4-5H,3H2. The van der Waals surface area contributed by atoms with Gasteiger partial charge in [0.2, 0.25) is 0 Å². The van der Waals surface area contributed by atoms with Crippen LogP contribution in [-0.4, -0.2) is 9.55 Å². The Kier molecular flexibility index (Phi) is 2.29. The topological polar surface area (TPSA) is 34.9 Å². The third-order valence-electron chi connectivity index (χ3n) is 1.08. The van der Waals surface area contributed by atoms with Crippen LogP contribution in [0.3, 0.4) is 0 Å². The van der Waals surface area contributed by atoms with Crippen molar-refractivity contribution in [3.63, 3.8) is 0 Å². The molecule has 4 heteroatoms. The zero-order valence-corrected chi connectivity index (χ0v) is 6.38. The van der Waals surface area contributed by atoms with E-state index < -0.39 is 0 Å². The predicted molar refractivity (Wildman–Crippen MR) is 42.3 cm³/mol. The zero-order chi connectivity index (χ0) is 8.27. The summed E-state index contributed by atoms with van der Waals surface area (Å²) in [6, 6.07) is 0. The molecule has 1 aromatic heterocycles. The molecule has 0 radical (unpaired) electrons. The van der Waals surface area contributed by atoms with Gasteiger partial charge in [-0.3, -0.25) is 4.57 Å². The maximum Gasteiger partial charge on any atom is 0.348 e. The van der Waals surface area contributed by atoms with E-state index in [1.165, 1.54) is 17.0 Å². The number of rotatable bonds is 1. The van der Waals surface area contributed by atoms with Gasteiger partial charge in [-0.2, -0.15) is 4.98 Å². The SMILES string of the molecule is C#CCn1cc(Cl)cnc1=O. The van der Waals surface area contributed by atoms with Crippen LogP contribution in [0.25, 0.3) is 0 Å². The molecule has 0 saturated carbocycles.